The van der Waals surface area contributed by atoms with Gasteiger partial charge in [-0.1, -0.05) is 54.6 Å². The topological polar surface area (TPSA) is 51.8 Å². The highest BCUT2D eigenvalue weighted by molar-refractivity contribution is 5.63. The average Bonchev–Trinajstić information content (AvgIpc) is 2.56. The molecular formula is C18H17N3. The van der Waals surface area contributed by atoms with Crippen molar-refractivity contribution in [1.82, 2.24) is 9.97 Å². The Balaban J connectivity index is 1.96. The molecule has 3 heteroatoms. The van der Waals surface area contributed by atoms with Crippen LogP contribution in [0.4, 0.5) is 0 Å². The zero-order chi connectivity index (χ0) is 14.7. The molecule has 0 amide bonds. The van der Waals surface area contributed by atoms with Crippen LogP contribution in [-0.2, 0) is 0 Å². The maximum absolute atomic E-state index is 5.88. The summed E-state index contributed by atoms with van der Waals surface area (Å²) in [7, 11) is 0. The SMILES string of the molecule is CC(N)c1ccc(-c2ccnc(-c3ccccc3)n2)cc1. The van der Waals surface area contributed by atoms with Crippen LogP contribution < -0.4 is 5.73 Å². The van der Waals surface area contributed by atoms with E-state index in [1.54, 1.807) is 6.20 Å². The Morgan fingerprint density at radius 1 is 0.857 bits per heavy atom. The Hall–Kier alpha value is -2.52. The Morgan fingerprint density at radius 3 is 2.24 bits per heavy atom. The van der Waals surface area contributed by atoms with Crippen LogP contribution in [0, 0.1) is 0 Å². The monoisotopic (exact) mass is 275 g/mol. The molecular weight excluding hydrogens is 258 g/mol. The summed E-state index contributed by atoms with van der Waals surface area (Å²) < 4.78 is 0. The molecule has 2 aromatic carbocycles. The van der Waals surface area contributed by atoms with Crippen molar-refractivity contribution in [2.45, 2.75) is 13.0 Å². The Bertz CT molecular complexity index is 719. The van der Waals surface area contributed by atoms with Gasteiger partial charge in [0.15, 0.2) is 5.82 Å². The van der Waals surface area contributed by atoms with Crippen LogP contribution in [0.3, 0.4) is 0 Å². The number of nitrogens with two attached hydrogens (primary N) is 1. The third-order valence-corrected chi connectivity index (χ3v) is 3.42. The maximum Gasteiger partial charge on any atom is 0.159 e. The molecule has 2 N–H and O–H groups in total. The molecule has 3 nitrogen and oxygen atoms in total. The van der Waals surface area contributed by atoms with Crippen molar-refractivity contribution >= 4 is 0 Å². The van der Waals surface area contributed by atoms with Crippen LogP contribution >= 0.6 is 0 Å². The molecule has 1 aromatic heterocycles. The first-order valence-electron chi connectivity index (χ1n) is 6.98. The number of hydrogen-bond acceptors (Lipinski definition) is 3. The van der Waals surface area contributed by atoms with Gasteiger partial charge < -0.3 is 5.73 Å². The summed E-state index contributed by atoms with van der Waals surface area (Å²) in [6, 6.07) is 20.2. The van der Waals surface area contributed by atoms with Crippen molar-refractivity contribution in [1.29, 1.82) is 0 Å². The third kappa shape index (κ3) is 2.98. The average molecular weight is 275 g/mol. The highest BCUT2D eigenvalue weighted by atomic mass is 14.9. The largest absolute Gasteiger partial charge is 0.324 e. The fourth-order valence-corrected chi connectivity index (χ4v) is 2.20. The molecule has 0 saturated carbocycles. The van der Waals surface area contributed by atoms with E-state index in [0.29, 0.717) is 0 Å². The minimum Gasteiger partial charge on any atom is -0.324 e. The van der Waals surface area contributed by atoms with Crippen LogP contribution in [0.15, 0.2) is 66.9 Å². The summed E-state index contributed by atoms with van der Waals surface area (Å²) >= 11 is 0. The minimum absolute atomic E-state index is 0.0457. The van der Waals surface area contributed by atoms with E-state index in [1.807, 2.05) is 55.5 Å². The number of aromatic nitrogens is 2. The fourth-order valence-electron chi connectivity index (χ4n) is 2.20. The molecule has 0 bridgehead atoms. The zero-order valence-electron chi connectivity index (χ0n) is 11.9. The van der Waals surface area contributed by atoms with Crippen LogP contribution in [0.2, 0.25) is 0 Å². The van der Waals surface area contributed by atoms with Crippen molar-refractivity contribution in [3.8, 4) is 22.6 Å². The maximum atomic E-state index is 5.88. The van der Waals surface area contributed by atoms with E-state index >= 15 is 0 Å². The Labute approximate surface area is 124 Å². The van der Waals surface area contributed by atoms with E-state index < -0.39 is 0 Å². The minimum atomic E-state index is 0.0457. The molecule has 1 unspecified atom stereocenters. The quantitative estimate of drug-likeness (QED) is 0.790. The van der Waals surface area contributed by atoms with Gasteiger partial charge in [0, 0.05) is 23.4 Å². The van der Waals surface area contributed by atoms with E-state index in [2.05, 4.69) is 22.1 Å². The van der Waals surface area contributed by atoms with Gasteiger partial charge in [0.05, 0.1) is 5.69 Å². The summed E-state index contributed by atoms with van der Waals surface area (Å²) in [4.78, 5) is 9.00. The second-order valence-electron chi connectivity index (χ2n) is 5.04. The van der Waals surface area contributed by atoms with Gasteiger partial charge in [0.1, 0.15) is 0 Å². The first-order chi connectivity index (χ1) is 10.2. The lowest BCUT2D eigenvalue weighted by Crippen LogP contribution is -2.04. The Kier molecular flexibility index (Phi) is 3.75. The van der Waals surface area contributed by atoms with Gasteiger partial charge in [0.2, 0.25) is 0 Å². The van der Waals surface area contributed by atoms with Crippen molar-refractivity contribution in [3.05, 3.63) is 72.4 Å². The summed E-state index contributed by atoms with van der Waals surface area (Å²) in [6.45, 7) is 1.98. The predicted molar refractivity (Wildman–Crippen MR) is 85.5 cm³/mol. The summed E-state index contributed by atoms with van der Waals surface area (Å²) in [5, 5.41) is 0. The van der Waals surface area contributed by atoms with Gasteiger partial charge >= 0.3 is 0 Å². The van der Waals surface area contributed by atoms with Gasteiger partial charge in [-0.3, -0.25) is 0 Å². The van der Waals surface area contributed by atoms with Crippen molar-refractivity contribution in [2.24, 2.45) is 5.73 Å². The molecule has 3 aromatic rings. The first-order valence-corrected chi connectivity index (χ1v) is 6.98. The van der Waals surface area contributed by atoms with E-state index in [0.717, 1.165) is 28.2 Å². The molecule has 21 heavy (non-hydrogen) atoms. The van der Waals surface area contributed by atoms with Gasteiger partial charge in [0.25, 0.3) is 0 Å². The molecule has 0 saturated heterocycles. The number of benzene rings is 2. The molecule has 0 radical (unpaired) electrons. The molecule has 0 aliphatic carbocycles. The smallest absolute Gasteiger partial charge is 0.159 e. The number of rotatable bonds is 3. The molecule has 3 rings (SSSR count). The molecule has 104 valence electrons. The number of hydrogen-bond donors (Lipinski definition) is 1. The first kappa shape index (κ1) is 13.5. The molecule has 0 spiro atoms. The molecule has 0 aliphatic heterocycles. The summed E-state index contributed by atoms with van der Waals surface area (Å²) in [5.41, 5.74) is 10.0. The standard InChI is InChI=1S/C18H17N3/c1-13(19)14-7-9-15(10-8-14)17-11-12-20-18(21-17)16-5-3-2-4-6-16/h2-13H,19H2,1H3. The van der Waals surface area contributed by atoms with E-state index in [-0.39, 0.29) is 6.04 Å². The van der Waals surface area contributed by atoms with Crippen LogP contribution in [0.1, 0.15) is 18.5 Å². The second-order valence-corrected chi connectivity index (χ2v) is 5.04. The van der Waals surface area contributed by atoms with Crippen molar-refractivity contribution in [3.63, 3.8) is 0 Å². The van der Waals surface area contributed by atoms with Crippen molar-refractivity contribution < 1.29 is 0 Å². The Morgan fingerprint density at radius 2 is 1.57 bits per heavy atom. The molecule has 1 atom stereocenters. The van der Waals surface area contributed by atoms with Gasteiger partial charge in [-0.05, 0) is 18.6 Å². The normalized spacial score (nSPS) is 12.1. The molecule has 0 aliphatic rings. The lowest BCUT2D eigenvalue weighted by atomic mass is 10.0. The lowest BCUT2D eigenvalue weighted by Gasteiger charge is -2.07. The highest BCUT2D eigenvalue weighted by Crippen LogP contribution is 2.22. The highest BCUT2D eigenvalue weighted by Gasteiger charge is 2.05. The van der Waals surface area contributed by atoms with Gasteiger partial charge in [-0.2, -0.15) is 0 Å². The van der Waals surface area contributed by atoms with Crippen LogP contribution in [0.25, 0.3) is 22.6 Å². The predicted octanol–water partition coefficient (Wildman–Crippen LogP) is 3.83. The van der Waals surface area contributed by atoms with Crippen LogP contribution in [-0.4, -0.2) is 9.97 Å². The lowest BCUT2D eigenvalue weighted by molar-refractivity contribution is 0.818. The third-order valence-electron chi connectivity index (χ3n) is 3.42. The van der Waals surface area contributed by atoms with Gasteiger partial charge in [-0.15, -0.1) is 0 Å². The zero-order valence-corrected chi connectivity index (χ0v) is 11.9. The molecule has 1 heterocycles. The fraction of sp³-hybridized carbons (Fsp3) is 0.111. The second kappa shape index (κ2) is 5.85. The van der Waals surface area contributed by atoms with E-state index in [1.165, 1.54) is 0 Å². The van der Waals surface area contributed by atoms with Gasteiger partial charge in [-0.25, -0.2) is 9.97 Å². The van der Waals surface area contributed by atoms with E-state index in [4.69, 9.17) is 5.73 Å². The van der Waals surface area contributed by atoms with Crippen LogP contribution in [0.5, 0.6) is 0 Å². The summed E-state index contributed by atoms with van der Waals surface area (Å²) in [5.74, 6) is 0.740. The molecule has 0 fully saturated rings. The summed E-state index contributed by atoms with van der Waals surface area (Å²) in [6.07, 6.45) is 1.80. The number of nitrogens with zero attached hydrogens (tertiary/aromatic N) is 2. The van der Waals surface area contributed by atoms with E-state index in [9.17, 15) is 0 Å². The van der Waals surface area contributed by atoms with Crippen molar-refractivity contribution in [2.75, 3.05) is 0 Å².